The number of nitrogens with one attached hydrogen (secondary N) is 1. The molecule has 0 bridgehead atoms. The van der Waals surface area contributed by atoms with Crippen molar-refractivity contribution in [1.82, 2.24) is 14.3 Å². The highest BCUT2D eigenvalue weighted by Crippen LogP contribution is 2.20. The summed E-state index contributed by atoms with van der Waals surface area (Å²) in [6.07, 6.45) is 3.32. The molecule has 0 fully saturated rings. The average molecular weight is 306 g/mol. The molecule has 2 rings (SSSR count). The quantitative estimate of drug-likeness (QED) is 0.913. The summed E-state index contributed by atoms with van der Waals surface area (Å²) in [4.78, 5) is 8.48. The normalized spacial score (nSPS) is 13.1. The molecule has 112 valence electrons. The first kappa shape index (κ1) is 15.4. The Balaban J connectivity index is 2.16. The van der Waals surface area contributed by atoms with Gasteiger partial charge < -0.3 is 5.32 Å². The minimum Gasteiger partial charge on any atom is -0.348 e. The van der Waals surface area contributed by atoms with Gasteiger partial charge in [0.05, 0.1) is 10.9 Å². The fourth-order valence-electron chi connectivity index (χ4n) is 1.79. The van der Waals surface area contributed by atoms with E-state index in [0.29, 0.717) is 5.95 Å². The molecule has 1 unspecified atom stereocenters. The van der Waals surface area contributed by atoms with Gasteiger partial charge in [0.25, 0.3) is 0 Å². The first-order chi connectivity index (χ1) is 9.91. The zero-order valence-corrected chi connectivity index (χ0v) is 13.0. The van der Waals surface area contributed by atoms with Gasteiger partial charge in [0, 0.05) is 26.5 Å². The van der Waals surface area contributed by atoms with Crippen LogP contribution in [0.4, 0.5) is 5.95 Å². The van der Waals surface area contributed by atoms with Gasteiger partial charge in [-0.1, -0.05) is 12.1 Å². The molecular weight excluding hydrogens is 288 g/mol. The van der Waals surface area contributed by atoms with Crippen molar-refractivity contribution < 1.29 is 8.42 Å². The van der Waals surface area contributed by atoms with E-state index < -0.39 is 10.0 Å². The zero-order valence-electron chi connectivity index (χ0n) is 12.2. The lowest BCUT2D eigenvalue weighted by atomic mass is 10.1. The summed E-state index contributed by atoms with van der Waals surface area (Å²) in [5, 5.41) is 3.16. The highest BCUT2D eigenvalue weighted by atomic mass is 32.2. The van der Waals surface area contributed by atoms with Crippen molar-refractivity contribution in [1.29, 1.82) is 0 Å². The van der Waals surface area contributed by atoms with E-state index in [2.05, 4.69) is 15.3 Å². The van der Waals surface area contributed by atoms with Crippen molar-refractivity contribution in [3.05, 3.63) is 48.3 Å². The lowest BCUT2D eigenvalue weighted by Crippen LogP contribution is -2.22. The number of sulfonamides is 1. The second kappa shape index (κ2) is 6.19. The van der Waals surface area contributed by atoms with Gasteiger partial charge in [-0.2, -0.15) is 0 Å². The van der Waals surface area contributed by atoms with Crippen molar-refractivity contribution in [3.63, 3.8) is 0 Å². The maximum Gasteiger partial charge on any atom is 0.242 e. The number of hydrogen-bond donors (Lipinski definition) is 1. The van der Waals surface area contributed by atoms with Crippen molar-refractivity contribution in [3.8, 4) is 0 Å². The topological polar surface area (TPSA) is 75.2 Å². The Hall–Kier alpha value is -1.99. The van der Waals surface area contributed by atoms with Gasteiger partial charge in [-0.05, 0) is 30.7 Å². The summed E-state index contributed by atoms with van der Waals surface area (Å²) < 4.78 is 25.2. The van der Waals surface area contributed by atoms with Gasteiger partial charge in [0.2, 0.25) is 16.0 Å². The van der Waals surface area contributed by atoms with E-state index in [4.69, 9.17) is 0 Å². The molecule has 0 radical (unpaired) electrons. The summed E-state index contributed by atoms with van der Waals surface area (Å²) in [5.74, 6) is 0.537. The lowest BCUT2D eigenvalue weighted by molar-refractivity contribution is 0.520. The smallest absolute Gasteiger partial charge is 0.242 e. The third kappa shape index (κ3) is 3.56. The standard InChI is InChI=1S/C14H18N4O2S/c1-11(17-14-15-9-4-10-16-14)12-5-7-13(8-6-12)21(19,20)18(2)3/h4-11H,1-3H3,(H,15,16,17). The molecule has 0 aliphatic heterocycles. The Morgan fingerprint density at radius 3 is 2.19 bits per heavy atom. The van der Waals surface area contributed by atoms with Crippen LogP contribution in [0, 0.1) is 0 Å². The maximum absolute atomic E-state index is 12.0. The third-order valence-corrected chi connectivity index (χ3v) is 4.90. The van der Waals surface area contributed by atoms with E-state index in [-0.39, 0.29) is 10.9 Å². The summed E-state index contributed by atoms with van der Waals surface area (Å²) in [7, 11) is -0.362. The highest BCUT2D eigenvalue weighted by molar-refractivity contribution is 7.89. The van der Waals surface area contributed by atoms with Crippen molar-refractivity contribution >= 4 is 16.0 Å². The largest absolute Gasteiger partial charge is 0.348 e. The summed E-state index contributed by atoms with van der Waals surface area (Å²) >= 11 is 0. The van der Waals surface area contributed by atoms with Crippen LogP contribution >= 0.6 is 0 Å². The molecule has 2 aromatic rings. The van der Waals surface area contributed by atoms with E-state index >= 15 is 0 Å². The van der Waals surface area contributed by atoms with Crippen molar-refractivity contribution in [2.24, 2.45) is 0 Å². The zero-order chi connectivity index (χ0) is 15.5. The molecule has 1 heterocycles. The number of hydrogen-bond acceptors (Lipinski definition) is 5. The number of aromatic nitrogens is 2. The van der Waals surface area contributed by atoms with Crippen LogP contribution in [0.25, 0.3) is 0 Å². The Morgan fingerprint density at radius 1 is 1.10 bits per heavy atom. The molecule has 0 spiro atoms. The van der Waals surface area contributed by atoms with Crippen LogP contribution in [0.5, 0.6) is 0 Å². The molecular formula is C14H18N4O2S. The SMILES string of the molecule is CC(Nc1ncccn1)c1ccc(S(=O)(=O)N(C)C)cc1. The Labute approximate surface area is 124 Å². The van der Waals surface area contributed by atoms with Crippen LogP contribution in [-0.2, 0) is 10.0 Å². The minimum atomic E-state index is -3.39. The Morgan fingerprint density at radius 2 is 1.67 bits per heavy atom. The minimum absolute atomic E-state index is 0.0245. The van der Waals surface area contributed by atoms with Crippen molar-refractivity contribution in [2.75, 3.05) is 19.4 Å². The first-order valence-corrected chi connectivity index (χ1v) is 7.91. The number of anilines is 1. The molecule has 21 heavy (non-hydrogen) atoms. The van der Waals surface area contributed by atoms with Crippen LogP contribution in [0.3, 0.4) is 0 Å². The Kier molecular flexibility index (Phi) is 4.54. The van der Waals surface area contributed by atoms with Gasteiger partial charge in [-0.3, -0.25) is 0 Å². The van der Waals surface area contributed by atoms with E-state index in [0.717, 1.165) is 5.56 Å². The molecule has 0 saturated heterocycles. The Bertz CT molecular complexity index is 685. The van der Waals surface area contributed by atoms with Gasteiger partial charge in [0.1, 0.15) is 0 Å². The predicted octanol–water partition coefficient (Wildman–Crippen LogP) is 1.90. The third-order valence-electron chi connectivity index (χ3n) is 3.07. The highest BCUT2D eigenvalue weighted by Gasteiger charge is 2.17. The molecule has 1 atom stereocenters. The fraction of sp³-hybridized carbons (Fsp3) is 0.286. The summed E-state index contributed by atoms with van der Waals surface area (Å²) in [6.45, 7) is 1.96. The monoisotopic (exact) mass is 306 g/mol. The second-order valence-corrected chi connectivity index (χ2v) is 6.95. The molecule has 0 aliphatic rings. The molecule has 7 heteroatoms. The van der Waals surface area contributed by atoms with Gasteiger partial charge in [-0.15, -0.1) is 0 Å². The fourth-order valence-corrected chi connectivity index (χ4v) is 2.69. The van der Waals surface area contributed by atoms with Gasteiger partial charge >= 0.3 is 0 Å². The van der Waals surface area contributed by atoms with Crippen LogP contribution in [0.15, 0.2) is 47.6 Å². The number of benzene rings is 1. The van der Waals surface area contributed by atoms with Gasteiger partial charge in [-0.25, -0.2) is 22.7 Å². The van der Waals surface area contributed by atoms with Crippen LogP contribution in [-0.4, -0.2) is 36.8 Å². The summed E-state index contributed by atoms with van der Waals surface area (Å²) in [5.41, 5.74) is 0.958. The molecule has 0 saturated carbocycles. The molecule has 0 amide bonds. The first-order valence-electron chi connectivity index (χ1n) is 6.47. The van der Waals surface area contributed by atoms with Crippen molar-refractivity contribution in [2.45, 2.75) is 17.9 Å². The number of nitrogens with zero attached hydrogens (tertiary/aromatic N) is 3. The summed E-state index contributed by atoms with van der Waals surface area (Å²) in [6, 6.07) is 8.51. The van der Waals surface area contributed by atoms with E-state index in [1.54, 1.807) is 42.7 Å². The number of rotatable bonds is 5. The molecule has 6 nitrogen and oxygen atoms in total. The molecule has 1 N–H and O–H groups in total. The van der Waals surface area contributed by atoms with E-state index in [9.17, 15) is 8.42 Å². The molecule has 0 aliphatic carbocycles. The predicted molar refractivity (Wildman–Crippen MR) is 81.4 cm³/mol. The second-order valence-electron chi connectivity index (χ2n) is 4.79. The maximum atomic E-state index is 12.0. The van der Waals surface area contributed by atoms with E-state index in [1.807, 2.05) is 6.92 Å². The lowest BCUT2D eigenvalue weighted by Gasteiger charge is -2.15. The van der Waals surface area contributed by atoms with Crippen LogP contribution in [0.1, 0.15) is 18.5 Å². The van der Waals surface area contributed by atoms with Crippen LogP contribution in [0.2, 0.25) is 0 Å². The van der Waals surface area contributed by atoms with E-state index in [1.165, 1.54) is 18.4 Å². The van der Waals surface area contributed by atoms with Gasteiger partial charge in [0.15, 0.2) is 0 Å². The molecule has 1 aromatic carbocycles. The van der Waals surface area contributed by atoms with Crippen LogP contribution < -0.4 is 5.32 Å². The molecule has 1 aromatic heterocycles. The average Bonchev–Trinajstić information content (AvgIpc) is 2.48.